The Kier molecular flexibility index (Phi) is 3.47. The standard InChI is InChI=1S/C16H22O2/c1-11(2)13-7-6-12(3)14(10-13)16(15(17)18)8-4-5-9-16/h6-7,10-11H,4-5,8-9H2,1-3H3,(H,17,18). The predicted molar refractivity (Wildman–Crippen MR) is 73.0 cm³/mol. The molecule has 2 nitrogen and oxygen atoms in total. The molecule has 1 aliphatic rings. The molecule has 0 radical (unpaired) electrons. The quantitative estimate of drug-likeness (QED) is 0.874. The van der Waals surface area contributed by atoms with E-state index < -0.39 is 11.4 Å². The molecule has 1 N–H and O–H groups in total. The fourth-order valence-electron chi connectivity index (χ4n) is 3.09. The van der Waals surface area contributed by atoms with Crippen molar-refractivity contribution in [1.82, 2.24) is 0 Å². The Morgan fingerprint density at radius 1 is 1.28 bits per heavy atom. The van der Waals surface area contributed by atoms with Gasteiger partial charge < -0.3 is 5.11 Å². The average molecular weight is 246 g/mol. The molecular weight excluding hydrogens is 224 g/mol. The van der Waals surface area contributed by atoms with E-state index in [1.54, 1.807) is 0 Å². The van der Waals surface area contributed by atoms with E-state index in [1.807, 2.05) is 6.92 Å². The third-order valence-corrected chi connectivity index (χ3v) is 4.31. The fourth-order valence-corrected chi connectivity index (χ4v) is 3.09. The van der Waals surface area contributed by atoms with Gasteiger partial charge in [-0.3, -0.25) is 4.79 Å². The highest BCUT2D eigenvalue weighted by molar-refractivity contribution is 5.82. The molecular formula is C16H22O2. The smallest absolute Gasteiger partial charge is 0.314 e. The molecule has 0 bridgehead atoms. The van der Waals surface area contributed by atoms with Crippen LogP contribution in [0.4, 0.5) is 0 Å². The van der Waals surface area contributed by atoms with Gasteiger partial charge in [0.05, 0.1) is 5.41 Å². The van der Waals surface area contributed by atoms with Crippen LogP contribution in [0.3, 0.4) is 0 Å². The van der Waals surface area contributed by atoms with Crippen LogP contribution in [-0.4, -0.2) is 11.1 Å². The van der Waals surface area contributed by atoms with Crippen molar-refractivity contribution >= 4 is 5.97 Å². The van der Waals surface area contributed by atoms with E-state index in [1.165, 1.54) is 5.56 Å². The predicted octanol–water partition coefficient (Wildman–Crippen LogP) is 4.01. The van der Waals surface area contributed by atoms with E-state index in [9.17, 15) is 9.90 Å². The Bertz CT molecular complexity index is 454. The molecule has 18 heavy (non-hydrogen) atoms. The van der Waals surface area contributed by atoms with Crippen molar-refractivity contribution in [1.29, 1.82) is 0 Å². The van der Waals surface area contributed by atoms with Gasteiger partial charge in [0.2, 0.25) is 0 Å². The lowest BCUT2D eigenvalue weighted by atomic mass is 9.76. The molecule has 1 aromatic rings. The number of hydrogen-bond donors (Lipinski definition) is 1. The lowest BCUT2D eigenvalue weighted by molar-refractivity contribution is -0.143. The van der Waals surface area contributed by atoms with Crippen molar-refractivity contribution in [3.8, 4) is 0 Å². The summed E-state index contributed by atoms with van der Waals surface area (Å²) in [6.07, 6.45) is 3.62. The minimum atomic E-state index is -0.649. The van der Waals surface area contributed by atoms with Crippen molar-refractivity contribution in [2.75, 3.05) is 0 Å². The summed E-state index contributed by atoms with van der Waals surface area (Å²) in [5.41, 5.74) is 2.76. The highest BCUT2D eigenvalue weighted by Gasteiger charge is 2.43. The SMILES string of the molecule is Cc1ccc(C(C)C)cc1C1(C(=O)O)CCCC1. The van der Waals surface area contributed by atoms with Crippen LogP contribution < -0.4 is 0 Å². The van der Waals surface area contributed by atoms with Crippen molar-refractivity contribution in [2.45, 2.75) is 57.8 Å². The van der Waals surface area contributed by atoms with Gasteiger partial charge in [-0.2, -0.15) is 0 Å². The minimum Gasteiger partial charge on any atom is -0.481 e. The van der Waals surface area contributed by atoms with Crippen molar-refractivity contribution in [3.63, 3.8) is 0 Å². The number of carboxylic acid groups (broad SMARTS) is 1. The first-order valence-electron chi connectivity index (χ1n) is 6.82. The summed E-state index contributed by atoms with van der Waals surface area (Å²) in [6.45, 7) is 6.33. The second kappa shape index (κ2) is 4.75. The first kappa shape index (κ1) is 13.1. The van der Waals surface area contributed by atoms with Gasteiger partial charge in [0.15, 0.2) is 0 Å². The topological polar surface area (TPSA) is 37.3 Å². The number of aryl methyl sites for hydroxylation is 1. The number of carboxylic acids is 1. The van der Waals surface area contributed by atoms with Crippen LogP contribution in [0.1, 0.15) is 62.1 Å². The van der Waals surface area contributed by atoms with Gasteiger partial charge in [0.25, 0.3) is 0 Å². The van der Waals surface area contributed by atoms with Gasteiger partial charge in [-0.1, -0.05) is 44.9 Å². The van der Waals surface area contributed by atoms with E-state index in [-0.39, 0.29) is 0 Å². The van der Waals surface area contributed by atoms with Crippen LogP contribution in [0.25, 0.3) is 0 Å². The number of benzene rings is 1. The Morgan fingerprint density at radius 3 is 2.39 bits per heavy atom. The van der Waals surface area contributed by atoms with E-state index in [0.29, 0.717) is 5.92 Å². The van der Waals surface area contributed by atoms with Crippen molar-refractivity contribution in [3.05, 3.63) is 34.9 Å². The zero-order valence-corrected chi connectivity index (χ0v) is 11.5. The van der Waals surface area contributed by atoms with E-state index in [2.05, 4.69) is 32.0 Å². The van der Waals surface area contributed by atoms with Crippen LogP contribution in [0.2, 0.25) is 0 Å². The average Bonchev–Trinajstić information content (AvgIpc) is 2.79. The highest BCUT2D eigenvalue weighted by atomic mass is 16.4. The van der Waals surface area contributed by atoms with Crippen molar-refractivity contribution < 1.29 is 9.90 Å². The lowest BCUT2D eigenvalue weighted by Crippen LogP contribution is -2.33. The minimum absolute atomic E-state index is 0.441. The summed E-state index contributed by atoms with van der Waals surface area (Å²) in [6, 6.07) is 6.32. The first-order valence-corrected chi connectivity index (χ1v) is 6.82. The zero-order valence-electron chi connectivity index (χ0n) is 11.5. The fraction of sp³-hybridized carbons (Fsp3) is 0.562. The molecule has 98 valence electrons. The normalized spacial score (nSPS) is 18.2. The number of aliphatic carboxylic acids is 1. The molecule has 0 atom stereocenters. The molecule has 0 aliphatic heterocycles. The molecule has 2 rings (SSSR count). The van der Waals surface area contributed by atoms with Crippen LogP contribution in [0.15, 0.2) is 18.2 Å². The Labute approximate surface area is 109 Å². The second-order valence-electron chi connectivity index (χ2n) is 5.82. The first-order chi connectivity index (χ1) is 8.47. The largest absolute Gasteiger partial charge is 0.481 e. The summed E-state index contributed by atoms with van der Waals surface area (Å²) in [4.78, 5) is 11.8. The maximum Gasteiger partial charge on any atom is 0.314 e. The van der Waals surface area contributed by atoms with E-state index in [4.69, 9.17) is 0 Å². The Balaban J connectivity index is 2.54. The third-order valence-electron chi connectivity index (χ3n) is 4.31. The van der Waals surface area contributed by atoms with E-state index in [0.717, 1.165) is 36.8 Å². The maximum absolute atomic E-state index is 11.8. The monoisotopic (exact) mass is 246 g/mol. The Morgan fingerprint density at radius 2 is 1.89 bits per heavy atom. The van der Waals surface area contributed by atoms with Gasteiger partial charge in [0, 0.05) is 0 Å². The lowest BCUT2D eigenvalue weighted by Gasteiger charge is -2.27. The molecule has 0 aromatic heterocycles. The van der Waals surface area contributed by atoms with E-state index >= 15 is 0 Å². The summed E-state index contributed by atoms with van der Waals surface area (Å²) in [5.74, 6) is -0.208. The maximum atomic E-state index is 11.8. The molecule has 1 saturated carbocycles. The molecule has 0 unspecified atom stereocenters. The molecule has 1 fully saturated rings. The van der Waals surface area contributed by atoms with Gasteiger partial charge in [-0.15, -0.1) is 0 Å². The summed E-state index contributed by atoms with van der Waals surface area (Å²) in [5, 5.41) is 9.67. The molecule has 0 amide bonds. The highest BCUT2D eigenvalue weighted by Crippen LogP contribution is 2.43. The van der Waals surface area contributed by atoms with Gasteiger partial charge in [0.1, 0.15) is 0 Å². The molecule has 1 aromatic carbocycles. The zero-order chi connectivity index (χ0) is 13.3. The van der Waals surface area contributed by atoms with Crippen LogP contribution >= 0.6 is 0 Å². The van der Waals surface area contributed by atoms with Gasteiger partial charge in [-0.25, -0.2) is 0 Å². The van der Waals surface area contributed by atoms with Gasteiger partial charge in [-0.05, 0) is 42.4 Å². The number of rotatable bonds is 3. The summed E-state index contributed by atoms with van der Waals surface area (Å²) >= 11 is 0. The molecule has 0 saturated heterocycles. The number of carbonyl (C=O) groups is 1. The Hall–Kier alpha value is -1.31. The third kappa shape index (κ3) is 2.05. The number of hydrogen-bond acceptors (Lipinski definition) is 1. The molecule has 1 aliphatic carbocycles. The van der Waals surface area contributed by atoms with Crippen LogP contribution in [-0.2, 0) is 10.2 Å². The molecule has 0 spiro atoms. The molecule has 0 heterocycles. The van der Waals surface area contributed by atoms with Gasteiger partial charge >= 0.3 is 5.97 Å². The second-order valence-corrected chi connectivity index (χ2v) is 5.82. The van der Waals surface area contributed by atoms with Crippen LogP contribution in [0, 0.1) is 6.92 Å². The summed E-state index contributed by atoms with van der Waals surface area (Å²) < 4.78 is 0. The van der Waals surface area contributed by atoms with Crippen molar-refractivity contribution in [2.24, 2.45) is 0 Å². The van der Waals surface area contributed by atoms with Crippen LogP contribution in [0.5, 0.6) is 0 Å². The summed E-state index contributed by atoms with van der Waals surface area (Å²) in [7, 11) is 0. The molecule has 2 heteroatoms.